The molecule has 0 aliphatic carbocycles. The van der Waals surface area contributed by atoms with Crippen LogP contribution in [0.3, 0.4) is 0 Å². The van der Waals surface area contributed by atoms with Crippen molar-refractivity contribution in [1.29, 1.82) is 0 Å². The first-order valence-corrected chi connectivity index (χ1v) is 10.4. The normalized spacial score (nSPS) is 23.7. The summed E-state index contributed by atoms with van der Waals surface area (Å²) in [6, 6.07) is 5.21. The number of esters is 3. The molecule has 0 bridgehead atoms. The number of anilines is 1. The summed E-state index contributed by atoms with van der Waals surface area (Å²) in [5, 5.41) is 5.23. The molecule has 12 heteroatoms. The number of nitrogens with one attached hydrogen (secondary N) is 2. The van der Waals surface area contributed by atoms with Gasteiger partial charge in [0.1, 0.15) is 24.5 Å². The van der Waals surface area contributed by atoms with Gasteiger partial charge in [-0.15, -0.1) is 0 Å². The summed E-state index contributed by atoms with van der Waals surface area (Å²) in [6.45, 7) is 5.78. The van der Waals surface area contributed by atoms with Crippen LogP contribution in [0.2, 0.25) is 0 Å². The quantitative estimate of drug-likeness (QED) is 0.401. The predicted molar refractivity (Wildman–Crippen MR) is 115 cm³/mol. The summed E-state index contributed by atoms with van der Waals surface area (Å²) in [5.74, 6) is -2.45. The van der Waals surface area contributed by atoms with E-state index in [9.17, 15) is 24.0 Å². The molecule has 2 N–H and O–H groups in total. The van der Waals surface area contributed by atoms with E-state index in [0.717, 1.165) is 13.8 Å². The van der Waals surface area contributed by atoms with Crippen LogP contribution in [0.5, 0.6) is 5.75 Å². The molecule has 34 heavy (non-hydrogen) atoms. The molecule has 0 saturated carbocycles. The lowest BCUT2D eigenvalue weighted by Crippen LogP contribution is -2.67. The lowest BCUT2D eigenvalue weighted by Gasteiger charge is -2.44. The van der Waals surface area contributed by atoms with Gasteiger partial charge >= 0.3 is 17.9 Å². The molecule has 1 saturated heterocycles. The minimum absolute atomic E-state index is 0.246. The van der Waals surface area contributed by atoms with Crippen LogP contribution in [0.15, 0.2) is 24.3 Å². The summed E-state index contributed by atoms with van der Waals surface area (Å²) in [7, 11) is 0. The Balaban J connectivity index is 2.40. The highest BCUT2D eigenvalue weighted by atomic mass is 16.7. The first kappa shape index (κ1) is 26.6. The molecule has 0 spiro atoms. The van der Waals surface area contributed by atoms with Gasteiger partial charge in [0.15, 0.2) is 12.2 Å². The lowest BCUT2D eigenvalue weighted by molar-refractivity contribution is -0.257. The SMILES string of the molecule is CC(=O)Nc1ccc(OC2OC(COC(C)=O)C(OC(C)=O)C(OC(C)=O)C2NC(C)=O)cc1. The smallest absolute Gasteiger partial charge is 0.303 e. The van der Waals surface area contributed by atoms with E-state index in [1.54, 1.807) is 24.3 Å². The number of hydrogen-bond donors (Lipinski definition) is 2. The van der Waals surface area contributed by atoms with Crippen LogP contribution in [0.1, 0.15) is 34.6 Å². The van der Waals surface area contributed by atoms with Crippen molar-refractivity contribution in [2.45, 2.75) is 65.3 Å². The molecule has 1 heterocycles. The van der Waals surface area contributed by atoms with Crippen molar-refractivity contribution >= 4 is 35.4 Å². The average Bonchev–Trinajstić information content (AvgIpc) is 2.71. The molecule has 5 atom stereocenters. The second-order valence-corrected chi connectivity index (χ2v) is 7.54. The van der Waals surface area contributed by atoms with Crippen LogP contribution in [-0.4, -0.2) is 67.0 Å². The molecule has 186 valence electrons. The minimum Gasteiger partial charge on any atom is -0.463 e. The van der Waals surface area contributed by atoms with Gasteiger partial charge in [0.2, 0.25) is 18.1 Å². The van der Waals surface area contributed by atoms with E-state index in [-0.39, 0.29) is 12.5 Å². The van der Waals surface area contributed by atoms with E-state index in [4.69, 9.17) is 23.7 Å². The monoisotopic (exact) mass is 480 g/mol. The topological polar surface area (TPSA) is 156 Å². The molecule has 2 rings (SSSR count). The molecule has 12 nitrogen and oxygen atoms in total. The van der Waals surface area contributed by atoms with Crippen LogP contribution in [0.25, 0.3) is 0 Å². The van der Waals surface area contributed by atoms with E-state index >= 15 is 0 Å². The Kier molecular flexibility index (Phi) is 9.36. The number of rotatable bonds is 8. The van der Waals surface area contributed by atoms with Crippen molar-refractivity contribution in [3.8, 4) is 5.75 Å². The van der Waals surface area contributed by atoms with E-state index in [1.807, 2.05) is 0 Å². The molecule has 1 aliphatic rings. The number of carbonyl (C=O) groups is 5. The summed E-state index contributed by atoms with van der Waals surface area (Å²) < 4.78 is 27.6. The Morgan fingerprint density at radius 2 is 1.41 bits per heavy atom. The van der Waals surface area contributed by atoms with Crippen LogP contribution < -0.4 is 15.4 Å². The second kappa shape index (κ2) is 12.0. The van der Waals surface area contributed by atoms with Crippen LogP contribution >= 0.6 is 0 Å². The van der Waals surface area contributed by atoms with Crippen molar-refractivity contribution in [3.63, 3.8) is 0 Å². The van der Waals surface area contributed by atoms with E-state index in [1.165, 1.54) is 20.8 Å². The van der Waals surface area contributed by atoms with Gasteiger partial charge < -0.3 is 34.3 Å². The molecular weight excluding hydrogens is 452 g/mol. The van der Waals surface area contributed by atoms with E-state index in [0.29, 0.717) is 11.4 Å². The minimum atomic E-state index is -1.23. The first-order valence-electron chi connectivity index (χ1n) is 10.4. The predicted octanol–water partition coefficient (Wildman–Crippen LogP) is 0.680. The molecule has 0 aromatic heterocycles. The summed E-state index contributed by atoms with van der Waals surface area (Å²) in [5.41, 5.74) is 0.531. The first-order chi connectivity index (χ1) is 16.0. The largest absolute Gasteiger partial charge is 0.463 e. The molecule has 1 aliphatic heterocycles. The fraction of sp³-hybridized carbons (Fsp3) is 0.500. The highest BCUT2D eigenvalue weighted by Crippen LogP contribution is 2.29. The van der Waals surface area contributed by atoms with Crippen LogP contribution in [-0.2, 0) is 42.9 Å². The molecular formula is C22H28N2O10. The van der Waals surface area contributed by atoms with Crippen molar-refractivity contribution < 1.29 is 47.7 Å². The van der Waals surface area contributed by atoms with Crippen molar-refractivity contribution in [2.75, 3.05) is 11.9 Å². The fourth-order valence-electron chi connectivity index (χ4n) is 3.35. The summed E-state index contributed by atoms with van der Waals surface area (Å²) >= 11 is 0. The van der Waals surface area contributed by atoms with Gasteiger partial charge in [-0.2, -0.15) is 0 Å². The van der Waals surface area contributed by atoms with Crippen LogP contribution in [0.4, 0.5) is 5.69 Å². The van der Waals surface area contributed by atoms with Crippen molar-refractivity contribution in [1.82, 2.24) is 5.32 Å². The molecule has 5 unspecified atom stereocenters. The molecule has 1 fully saturated rings. The maximum absolute atomic E-state index is 11.9. The zero-order valence-corrected chi connectivity index (χ0v) is 19.5. The Morgan fingerprint density at radius 1 is 0.824 bits per heavy atom. The Bertz CT molecular complexity index is 917. The molecule has 0 radical (unpaired) electrons. The Morgan fingerprint density at radius 3 is 1.91 bits per heavy atom. The summed E-state index contributed by atoms with van der Waals surface area (Å²) in [6.07, 6.45) is -4.74. The van der Waals surface area contributed by atoms with Crippen molar-refractivity contribution in [2.24, 2.45) is 0 Å². The second-order valence-electron chi connectivity index (χ2n) is 7.54. The zero-order valence-electron chi connectivity index (χ0n) is 19.5. The Hall–Kier alpha value is -3.67. The average molecular weight is 480 g/mol. The van der Waals surface area contributed by atoms with E-state index in [2.05, 4.69) is 10.6 Å². The third-order valence-corrected chi connectivity index (χ3v) is 4.50. The number of carbonyl (C=O) groups excluding carboxylic acids is 5. The van der Waals surface area contributed by atoms with E-state index < -0.39 is 54.5 Å². The molecule has 2 amide bonds. The van der Waals surface area contributed by atoms with Gasteiger partial charge in [0, 0.05) is 40.3 Å². The third-order valence-electron chi connectivity index (χ3n) is 4.50. The standard InChI is InChI=1S/C22H28N2O10/c1-11(25)23-16-6-8-17(9-7-16)33-22-19(24-12(2)26)21(32-15(5)29)20(31-14(4)28)18(34-22)10-30-13(3)27/h6-9,18-22H,10H2,1-5H3,(H,23,25)(H,24,26). The van der Waals surface area contributed by atoms with Gasteiger partial charge in [-0.05, 0) is 24.3 Å². The number of benzene rings is 1. The number of ether oxygens (including phenoxy) is 5. The van der Waals surface area contributed by atoms with Gasteiger partial charge in [0.25, 0.3) is 0 Å². The Labute approximate surface area is 196 Å². The zero-order chi connectivity index (χ0) is 25.4. The fourth-order valence-corrected chi connectivity index (χ4v) is 3.35. The van der Waals surface area contributed by atoms with Crippen LogP contribution in [0, 0.1) is 0 Å². The van der Waals surface area contributed by atoms with Gasteiger partial charge in [-0.25, -0.2) is 0 Å². The molecule has 1 aromatic carbocycles. The van der Waals surface area contributed by atoms with Crippen molar-refractivity contribution in [3.05, 3.63) is 24.3 Å². The third kappa shape index (κ3) is 8.03. The number of hydrogen-bond acceptors (Lipinski definition) is 10. The highest BCUT2D eigenvalue weighted by molar-refractivity contribution is 5.88. The molecule has 1 aromatic rings. The van der Waals surface area contributed by atoms with Gasteiger partial charge in [-0.1, -0.05) is 0 Å². The summed E-state index contributed by atoms with van der Waals surface area (Å²) in [4.78, 5) is 58.2. The number of amides is 2. The maximum Gasteiger partial charge on any atom is 0.303 e. The lowest BCUT2D eigenvalue weighted by atomic mass is 9.96. The highest BCUT2D eigenvalue weighted by Gasteiger charge is 2.51. The van der Waals surface area contributed by atoms with Gasteiger partial charge in [-0.3, -0.25) is 24.0 Å². The van der Waals surface area contributed by atoms with Gasteiger partial charge in [0.05, 0.1) is 0 Å². The maximum atomic E-state index is 11.9.